The van der Waals surface area contributed by atoms with Crippen LogP contribution < -0.4 is 4.72 Å². The fourth-order valence-corrected chi connectivity index (χ4v) is 3.26. The number of nitrogens with zero attached hydrogens (tertiary/aromatic N) is 4. The van der Waals surface area contributed by atoms with Crippen LogP contribution in [0.2, 0.25) is 0 Å². The first-order valence-corrected chi connectivity index (χ1v) is 7.26. The van der Waals surface area contributed by atoms with Gasteiger partial charge >= 0.3 is 0 Å². The van der Waals surface area contributed by atoms with Gasteiger partial charge in [0.25, 0.3) is 10.2 Å². The molecule has 1 atom stereocenters. The molecular formula is C9H19N5O2S. The molecule has 0 spiro atoms. The smallest absolute Gasteiger partial charge is 0.202 e. The molecule has 0 radical (unpaired) electrons. The van der Waals surface area contributed by atoms with Crippen LogP contribution in [0.3, 0.4) is 0 Å². The Bertz CT molecular complexity index is 377. The topological polar surface area (TPSA) is 98.2 Å². The third-order valence-electron chi connectivity index (χ3n) is 2.74. The molecule has 98 valence electrons. The Kier molecular flexibility index (Phi) is 5.70. The van der Waals surface area contributed by atoms with Gasteiger partial charge in [0.05, 0.1) is 0 Å². The molecule has 0 bridgehead atoms. The standard InChI is InChI=1S/C9H19N5O2S/c1-9-4-2-7-14(8-9)17(15,16)12-6-3-5-11-13-10/h9,12H,2-8H2,1H3. The fraction of sp³-hybridized carbons (Fsp3) is 1.00. The number of hydrogen-bond donors (Lipinski definition) is 1. The van der Waals surface area contributed by atoms with Gasteiger partial charge in [0, 0.05) is 31.1 Å². The van der Waals surface area contributed by atoms with E-state index in [0.29, 0.717) is 38.5 Å². The van der Waals surface area contributed by atoms with E-state index in [0.717, 1.165) is 12.8 Å². The van der Waals surface area contributed by atoms with Crippen LogP contribution in [0, 0.1) is 5.92 Å². The van der Waals surface area contributed by atoms with Crippen molar-refractivity contribution in [2.24, 2.45) is 11.0 Å². The molecule has 0 aromatic carbocycles. The normalized spacial score (nSPS) is 22.1. The summed E-state index contributed by atoms with van der Waals surface area (Å²) < 4.78 is 27.8. The second kappa shape index (κ2) is 6.80. The zero-order chi connectivity index (χ0) is 12.7. The van der Waals surface area contributed by atoms with Crippen molar-refractivity contribution in [3.63, 3.8) is 0 Å². The molecule has 1 aliphatic heterocycles. The second-order valence-corrected chi connectivity index (χ2v) is 6.07. The van der Waals surface area contributed by atoms with Gasteiger partial charge in [-0.1, -0.05) is 12.0 Å². The molecule has 1 unspecified atom stereocenters. The summed E-state index contributed by atoms with van der Waals surface area (Å²) in [5, 5.41) is 3.35. The van der Waals surface area contributed by atoms with E-state index in [1.807, 2.05) is 0 Å². The van der Waals surface area contributed by atoms with Crippen LogP contribution in [0.5, 0.6) is 0 Å². The lowest BCUT2D eigenvalue weighted by Gasteiger charge is -2.29. The first-order chi connectivity index (χ1) is 8.06. The summed E-state index contributed by atoms with van der Waals surface area (Å²) in [6, 6.07) is 0. The van der Waals surface area contributed by atoms with Crippen molar-refractivity contribution in [2.75, 3.05) is 26.2 Å². The zero-order valence-electron chi connectivity index (χ0n) is 10.0. The quantitative estimate of drug-likeness (QED) is 0.337. The van der Waals surface area contributed by atoms with Gasteiger partial charge in [-0.25, -0.2) is 4.72 Å². The van der Waals surface area contributed by atoms with Gasteiger partial charge in [-0.05, 0) is 30.7 Å². The van der Waals surface area contributed by atoms with Crippen LogP contribution in [0.15, 0.2) is 5.11 Å². The van der Waals surface area contributed by atoms with Crippen molar-refractivity contribution in [1.29, 1.82) is 0 Å². The van der Waals surface area contributed by atoms with Crippen LogP contribution in [0.4, 0.5) is 0 Å². The average Bonchev–Trinajstić information content (AvgIpc) is 2.29. The fourth-order valence-electron chi connectivity index (χ4n) is 1.85. The van der Waals surface area contributed by atoms with Crippen molar-refractivity contribution in [3.05, 3.63) is 10.4 Å². The van der Waals surface area contributed by atoms with Gasteiger partial charge in [0.15, 0.2) is 0 Å². The molecule has 0 aliphatic carbocycles. The van der Waals surface area contributed by atoms with Crippen LogP contribution in [0.25, 0.3) is 10.4 Å². The van der Waals surface area contributed by atoms with E-state index >= 15 is 0 Å². The van der Waals surface area contributed by atoms with Gasteiger partial charge in [0.1, 0.15) is 0 Å². The van der Waals surface area contributed by atoms with E-state index in [9.17, 15) is 8.42 Å². The molecule has 0 aromatic heterocycles. The summed E-state index contributed by atoms with van der Waals surface area (Å²) in [5.41, 5.74) is 8.07. The number of nitrogens with one attached hydrogen (secondary N) is 1. The summed E-state index contributed by atoms with van der Waals surface area (Å²) >= 11 is 0. The van der Waals surface area contributed by atoms with E-state index < -0.39 is 10.2 Å². The minimum absolute atomic E-state index is 0.312. The monoisotopic (exact) mass is 261 g/mol. The van der Waals surface area contributed by atoms with E-state index in [1.54, 1.807) is 0 Å². The van der Waals surface area contributed by atoms with Gasteiger partial charge in [-0.15, -0.1) is 0 Å². The molecule has 0 aromatic rings. The Balaban J connectivity index is 2.36. The number of hydrogen-bond acceptors (Lipinski definition) is 3. The van der Waals surface area contributed by atoms with Crippen molar-refractivity contribution in [3.8, 4) is 0 Å². The van der Waals surface area contributed by atoms with Gasteiger partial charge in [-0.3, -0.25) is 0 Å². The molecule has 8 heteroatoms. The predicted octanol–water partition coefficient (Wildman–Crippen LogP) is 1.25. The molecule has 1 heterocycles. The van der Waals surface area contributed by atoms with Crippen LogP contribution in [-0.4, -0.2) is 38.9 Å². The first kappa shape index (κ1) is 14.2. The van der Waals surface area contributed by atoms with Crippen molar-refractivity contribution in [2.45, 2.75) is 26.2 Å². The lowest BCUT2D eigenvalue weighted by atomic mass is 10.0. The largest absolute Gasteiger partial charge is 0.279 e. The zero-order valence-corrected chi connectivity index (χ0v) is 10.9. The third kappa shape index (κ3) is 4.91. The van der Waals surface area contributed by atoms with Crippen molar-refractivity contribution >= 4 is 10.2 Å². The van der Waals surface area contributed by atoms with Gasteiger partial charge in [-0.2, -0.15) is 12.7 Å². The van der Waals surface area contributed by atoms with E-state index in [-0.39, 0.29) is 0 Å². The summed E-state index contributed by atoms with van der Waals surface area (Å²) in [5.74, 6) is 0.420. The van der Waals surface area contributed by atoms with Crippen molar-refractivity contribution in [1.82, 2.24) is 9.03 Å². The highest BCUT2D eigenvalue weighted by molar-refractivity contribution is 7.87. The molecule has 0 amide bonds. The minimum atomic E-state index is -3.35. The maximum Gasteiger partial charge on any atom is 0.279 e. The Morgan fingerprint density at radius 1 is 1.59 bits per heavy atom. The SMILES string of the molecule is CC1CCCN(S(=O)(=O)NCCCN=[N+]=[N-])C1. The summed E-state index contributed by atoms with van der Waals surface area (Å²) in [6.45, 7) is 3.87. The molecular weight excluding hydrogens is 242 g/mol. The summed E-state index contributed by atoms with van der Waals surface area (Å²) in [4.78, 5) is 2.61. The van der Waals surface area contributed by atoms with E-state index in [2.05, 4.69) is 21.7 Å². The first-order valence-electron chi connectivity index (χ1n) is 5.82. The number of azide groups is 1. The summed E-state index contributed by atoms with van der Waals surface area (Å²) in [7, 11) is -3.35. The highest BCUT2D eigenvalue weighted by Gasteiger charge is 2.26. The van der Waals surface area contributed by atoms with Crippen molar-refractivity contribution < 1.29 is 8.42 Å². The molecule has 1 saturated heterocycles. The Hall–Kier alpha value is -0.820. The minimum Gasteiger partial charge on any atom is -0.202 e. The molecule has 7 nitrogen and oxygen atoms in total. The maximum atomic E-state index is 11.9. The Labute approximate surface area is 102 Å². The van der Waals surface area contributed by atoms with E-state index in [4.69, 9.17) is 5.53 Å². The highest BCUT2D eigenvalue weighted by atomic mass is 32.2. The molecule has 17 heavy (non-hydrogen) atoms. The molecule has 1 rings (SSSR count). The Morgan fingerprint density at radius 2 is 2.35 bits per heavy atom. The van der Waals surface area contributed by atoms with Crippen LogP contribution in [0.1, 0.15) is 26.2 Å². The highest BCUT2D eigenvalue weighted by Crippen LogP contribution is 2.17. The lowest BCUT2D eigenvalue weighted by molar-refractivity contribution is 0.278. The van der Waals surface area contributed by atoms with Crippen LogP contribution >= 0.6 is 0 Å². The van der Waals surface area contributed by atoms with Crippen LogP contribution in [-0.2, 0) is 10.2 Å². The number of piperidine rings is 1. The Morgan fingerprint density at radius 3 is 3.00 bits per heavy atom. The molecule has 1 aliphatic rings. The second-order valence-electron chi connectivity index (χ2n) is 4.31. The average molecular weight is 261 g/mol. The number of rotatable bonds is 6. The molecule has 1 fully saturated rings. The van der Waals surface area contributed by atoms with E-state index in [1.165, 1.54) is 4.31 Å². The predicted molar refractivity (Wildman–Crippen MR) is 65.5 cm³/mol. The van der Waals surface area contributed by atoms with Gasteiger partial charge < -0.3 is 0 Å². The molecule has 0 saturated carbocycles. The third-order valence-corrected chi connectivity index (χ3v) is 4.32. The summed E-state index contributed by atoms with van der Waals surface area (Å²) in [6.07, 6.45) is 2.52. The van der Waals surface area contributed by atoms with Gasteiger partial charge in [0.2, 0.25) is 0 Å². The maximum absolute atomic E-state index is 11.9. The lowest BCUT2D eigenvalue weighted by Crippen LogP contribution is -2.45. The molecule has 1 N–H and O–H groups in total.